The highest BCUT2D eigenvalue weighted by Gasteiger charge is 2.22. The van der Waals surface area contributed by atoms with Crippen LogP contribution in [0.4, 0.5) is 8.78 Å². The molecule has 0 unspecified atom stereocenters. The Kier molecular flexibility index (Phi) is 5.19. The number of amides is 1. The number of rotatable bonds is 4. The van der Waals surface area contributed by atoms with E-state index in [-0.39, 0.29) is 22.0 Å². The van der Waals surface area contributed by atoms with E-state index in [9.17, 15) is 22.0 Å². The van der Waals surface area contributed by atoms with E-state index in [0.717, 1.165) is 18.4 Å². The lowest BCUT2D eigenvalue weighted by Gasteiger charge is -2.10. The molecule has 11 heteroatoms. The minimum Gasteiger partial charge on any atom is -0.268 e. The average Bonchev–Trinajstić information content (AvgIpc) is 3.08. The first-order valence-electron chi connectivity index (χ1n) is 8.75. The van der Waals surface area contributed by atoms with Crippen LogP contribution >= 0.6 is 11.6 Å². The van der Waals surface area contributed by atoms with Gasteiger partial charge >= 0.3 is 0 Å². The number of nitrogens with one attached hydrogen (secondary N) is 1. The van der Waals surface area contributed by atoms with Gasteiger partial charge in [0, 0.05) is 23.8 Å². The van der Waals surface area contributed by atoms with Crippen molar-refractivity contribution in [3.05, 3.63) is 77.1 Å². The molecule has 0 saturated carbocycles. The van der Waals surface area contributed by atoms with Gasteiger partial charge < -0.3 is 0 Å². The van der Waals surface area contributed by atoms with E-state index >= 15 is 0 Å². The maximum Gasteiger partial charge on any atom is 0.267 e. The molecule has 4 aromatic rings. The van der Waals surface area contributed by atoms with Gasteiger partial charge in [-0.25, -0.2) is 26.6 Å². The van der Waals surface area contributed by atoms with E-state index < -0.39 is 33.1 Å². The van der Waals surface area contributed by atoms with Crippen LogP contribution in [0, 0.1) is 11.6 Å². The summed E-state index contributed by atoms with van der Waals surface area (Å²) in [5.74, 6) is -2.69. The second-order valence-electron chi connectivity index (χ2n) is 6.62. The third-order valence-corrected chi connectivity index (χ3v) is 5.26. The Morgan fingerprint density at radius 2 is 1.87 bits per heavy atom. The van der Waals surface area contributed by atoms with Gasteiger partial charge in [-0.15, -0.1) is 0 Å². The number of halogens is 3. The molecule has 2 aromatic heterocycles. The molecule has 0 saturated heterocycles. The maximum atomic E-state index is 14.7. The van der Waals surface area contributed by atoms with E-state index in [1.807, 2.05) is 0 Å². The van der Waals surface area contributed by atoms with Crippen molar-refractivity contribution in [2.24, 2.45) is 0 Å². The fourth-order valence-corrected chi connectivity index (χ4v) is 3.79. The van der Waals surface area contributed by atoms with Crippen molar-refractivity contribution in [2.75, 3.05) is 6.26 Å². The second kappa shape index (κ2) is 7.71. The van der Waals surface area contributed by atoms with Crippen LogP contribution in [0.15, 0.2) is 54.9 Å². The number of hydrogen-bond acceptors (Lipinski definition) is 5. The first kappa shape index (κ1) is 20.9. The summed E-state index contributed by atoms with van der Waals surface area (Å²) < 4.78 is 54.6. The van der Waals surface area contributed by atoms with Crippen LogP contribution in [-0.4, -0.2) is 35.3 Å². The summed E-state index contributed by atoms with van der Waals surface area (Å²) in [6.45, 7) is 0. The highest BCUT2D eigenvalue weighted by Crippen LogP contribution is 2.33. The lowest BCUT2D eigenvalue weighted by Crippen LogP contribution is -2.30. The van der Waals surface area contributed by atoms with Crippen molar-refractivity contribution in [2.45, 2.75) is 0 Å². The number of hydrogen-bond donors (Lipinski definition) is 1. The second-order valence-corrected chi connectivity index (χ2v) is 8.78. The Bertz CT molecular complexity index is 1450. The molecule has 0 spiro atoms. The number of pyridine rings is 1. The molecule has 2 aromatic carbocycles. The Balaban J connectivity index is 1.90. The molecular weight excluding hydrogens is 450 g/mol. The first-order valence-corrected chi connectivity index (χ1v) is 11.0. The van der Waals surface area contributed by atoms with Crippen LogP contribution in [0.5, 0.6) is 0 Å². The zero-order valence-electron chi connectivity index (χ0n) is 15.8. The summed E-state index contributed by atoms with van der Waals surface area (Å²) in [4.78, 5) is 16.0. The molecule has 0 atom stereocenters. The molecule has 0 aliphatic heterocycles. The van der Waals surface area contributed by atoms with Crippen LogP contribution in [0.25, 0.3) is 27.8 Å². The molecule has 0 radical (unpaired) electrons. The van der Waals surface area contributed by atoms with Gasteiger partial charge in [0.2, 0.25) is 10.0 Å². The molecule has 158 valence electrons. The van der Waals surface area contributed by atoms with Crippen LogP contribution in [0.2, 0.25) is 5.02 Å². The normalized spacial score (nSPS) is 11.6. The molecule has 1 amide bonds. The largest absolute Gasteiger partial charge is 0.268 e. The summed E-state index contributed by atoms with van der Waals surface area (Å²) in [6, 6.07) is 10.0. The number of carbonyl (C=O) groups excluding carboxylic acids is 1. The molecule has 7 nitrogen and oxygen atoms in total. The Labute approximate surface area is 180 Å². The van der Waals surface area contributed by atoms with Gasteiger partial charge in [0.1, 0.15) is 17.3 Å². The van der Waals surface area contributed by atoms with E-state index in [4.69, 9.17) is 11.6 Å². The number of sulfonamides is 1. The van der Waals surface area contributed by atoms with Crippen molar-refractivity contribution in [1.29, 1.82) is 0 Å². The third-order valence-electron chi connectivity index (χ3n) is 4.40. The number of benzene rings is 2. The van der Waals surface area contributed by atoms with Crippen LogP contribution in [-0.2, 0) is 10.0 Å². The highest BCUT2D eigenvalue weighted by molar-refractivity contribution is 7.89. The predicted molar refractivity (Wildman–Crippen MR) is 112 cm³/mol. The number of aromatic nitrogens is 3. The molecule has 0 aliphatic rings. The Morgan fingerprint density at radius 3 is 2.58 bits per heavy atom. The summed E-state index contributed by atoms with van der Waals surface area (Å²) in [6.07, 6.45) is 3.41. The van der Waals surface area contributed by atoms with E-state index in [0.29, 0.717) is 10.9 Å². The monoisotopic (exact) mass is 462 g/mol. The van der Waals surface area contributed by atoms with Crippen LogP contribution < -0.4 is 4.72 Å². The summed E-state index contributed by atoms with van der Waals surface area (Å²) >= 11 is 6.29. The van der Waals surface area contributed by atoms with E-state index in [2.05, 4.69) is 10.1 Å². The van der Waals surface area contributed by atoms with Gasteiger partial charge in [-0.05, 0) is 18.2 Å². The standard InChI is InChI=1S/C20H13ClF2N4O3S/c1-31(29,30)26-20(28)12-8-14(21)18(9-16(12)23)27-17-5-3-2-4-11(17)19(25-27)13-10-24-7-6-15(13)22/h2-10H,1H3,(H,26,28). The lowest BCUT2D eigenvalue weighted by atomic mass is 10.1. The zero-order chi connectivity index (χ0) is 22.3. The Hall–Kier alpha value is -3.37. The average molecular weight is 463 g/mol. The summed E-state index contributed by atoms with van der Waals surface area (Å²) in [5, 5.41) is 4.93. The van der Waals surface area contributed by atoms with Crippen LogP contribution in [0.3, 0.4) is 0 Å². The Morgan fingerprint density at radius 1 is 1.13 bits per heavy atom. The minimum atomic E-state index is -3.89. The lowest BCUT2D eigenvalue weighted by molar-refractivity contribution is 0.0978. The molecule has 0 aliphatic carbocycles. The highest BCUT2D eigenvalue weighted by atomic mass is 35.5. The molecule has 1 N–H and O–H groups in total. The van der Waals surface area contributed by atoms with Gasteiger partial charge in [0.15, 0.2) is 0 Å². The topological polar surface area (TPSA) is 94.0 Å². The van der Waals surface area contributed by atoms with Gasteiger partial charge in [0.05, 0.1) is 33.6 Å². The smallest absolute Gasteiger partial charge is 0.267 e. The molecule has 0 fully saturated rings. The van der Waals surface area contributed by atoms with Gasteiger partial charge in [-0.2, -0.15) is 5.10 Å². The van der Waals surface area contributed by atoms with Gasteiger partial charge in [-0.1, -0.05) is 29.8 Å². The van der Waals surface area contributed by atoms with Gasteiger partial charge in [0.25, 0.3) is 5.91 Å². The molecule has 2 heterocycles. The molecular formula is C20H13ClF2N4O3S. The SMILES string of the molecule is CS(=O)(=O)NC(=O)c1cc(Cl)c(-n2nc(-c3cnccc3F)c3ccccc32)cc1F. The number of nitrogens with zero attached hydrogens (tertiary/aromatic N) is 3. The van der Waals surface area contributed by atoms with E-state index in [1.165, 1.54) is 23.1 Å². The quantitative estimate of drug-likeness (QED) is 0.499. The zero-order valence-corrected chi connectivity index (χ0v) is 17.4. The molecule has 31 heavy (non-hydrogen) atoms. The fourth-order valence-electron chi connectivity index (χ4n) is 3.10. The van der Waals surface area contributed by atoms with Gasteiger partial charge in [-0.3, -0.25) is 9.78 Å². The van der Waals surface area contributed by atoms with Crippen LogP contribution in [0.1, 0.15) is 10.4 Å². The minimum absolute atomic E-state index is 0.0634. The number of para-hydroxylation sites is 1. The fraction of sp³-hybridized carbons (Fsp3) is 0.0500. The number of fused-ring (bicyclic) bond motifs is 1. The van der Waals surface area contributed by atoms with Crippen molar-refractivity contribution in [1.82, 2.24) is 19.5 Å². The summed E-state index contributed by atoms with van der Waals surface area (Å²) in [5.41, 5.74) is 0.473. The third kappa shape index (κ3) is 3.99. The van der Waals surface area contributed by atoms with Crippen molar-refractivity contribution in [3.8, 4) is 16.9 Å². The predicted octanol–water partition coefficient (Wildman–Crippen LogP) is 3.71. The van der Waals surface area contributed by atoms with Crippen molar-refractivity contribution >= 4 is 38.4 Å². The van der Waals surface area contributed by atoms with Crippen molar-refractivity contribution in [3.63, 3.8) is 0 Å². The first-order chi connectivity index (χ1) is 14.7. The van der Waals surface area contributed by atoms with E-state index in [1.54, 1.807) is 29.0 Å². The van der Waals surface area contributed by atoms with Crippen molar-refractivity contribution < 1.29 is 22.0 Å². The molecule has 4 rings (SSSR count). The maximum absolute atomic E-state index is 14.7. The number of carbonyl (C=O) groups is 1. The summed E-state index contributed by atoms with van der Waals surface area (Å²) in [7, 11) is -3.89. The molecule has 0 bridgehead atoms.